The predicted octanol–water partition coefficient (Wildman–Crippen LogP) is 3.81. The molecule has 2 N–H and O–H groups in total. The minimum absolute atomic E-state index is 0.0151. The Kier molecular flexibility index (Phi) is 5.26. The molecule has 1 aliphatic heterocycles. The van der Waals surface area contributed by atoms with Crippen molar-refractivity contribution in [2.75, 3.05) is 18.4 Å². The fraction of sp³-hybridized carbons (Fsp3) is 0.292. The Morgan fingerprint density at radius 2 is 1.90 bits per heavy atom. The number of likely N-dealkylation sites (tertiary alicyclic amines) is 1. The molecule has 1 saturated heterocycles. The van der Waals surface area contributed by atoms with Crippen LogP contribution in [-0.2, 0) is 18.4 Å². The third-order valence-electron chi connectivity index (χ3n) is 6.07. The molecule has 4 aromatic rings. The summed E-state index contributed by atoms with van der Waals surface area (Å²) in [6.07, 6.45) is 5.50. The number of aromatic nitrogens is 4. The minimum atomic E-state index is 0.0151. The van der Waals surface area contributed by atoms with E-state index in [1.807, 2.05) is 72.5 Å². The first-order valence-corrected chi connectivity index (χ1v) is 10.7. The van der Waals surface area contributed by atoms with Crippen molar-refractivity contribution in [2.24, 2.45) is 13.0 Å². The molecule has 31 heavy (non-hydrogen) atoms. The number of aryl methyl sites for hydroxylation is 1. The smallest absolute Gasteiger partial charge is 0.227 e. The first-order valence-electron chi connectivity index (χ1n) is 10.7. The first-order chi connectivity index (χ1) is 15.2. The Morgan fingerprint density at radius 3 is 2.68 bits per heavy atom. The minimum Gasteiger partial charge on any atom is -0.338 e. The molecule has 1 fully saturated rings. The van der Waals surface area contributed by atoms with Crippen LogP contribution in [0, 0.1) is 5.92 Å². The van der Waals surface area contributed by atoms with Crippen LogP contribution in [0.15, 0.2) is 60.9 Å². The van der Waals surface area contributed by atoms with Crippen LogP contribution < -0.4 is 5.32 Å². The molecular weight excluding hydrogens is 388 g/mol. The zero-order chi connectivity index (χ0) is 21.2. The van der Waals surface area contributed by atoms with Gasteiger partial charge < -0.3 is 14.9 Å². The number of benzene rings is 2. The van der Waals surface area contributed by atoms with Gasteiger partial charge in [-0.25, -0.2) is 9.97 Å². The maximum absolute atomic E-state index is 13.0. The number of fused-ring (bicyclic) bond motifs is 1. The molecule has 0 bridgehead atoms. The van der Waals surface area contributed by atoms with Gasteiger partial charge in [0.15, 0.2) is 0 Å². The molecule has 0 saturated carbocycles. The van der Waals surface area contributed by atoms with E-state index in [1.54, 1.807) is 0 Å². The van der Waals surface area contributed by atoms with Crippen LogP contribution in [0.2, 0.25) is 0 Å². The van der Waals surface area contributed by atoms with Crippen LogP contribution in [0.1, 0.15) is 18.7 Å². The molecule has 0 atom stereocenters. The van der Waals surface area contributed by atoms with Crippen molar-refractivity contribution in [3.8, 4) is 11.4 Å². The van der Waals surface area contributed by atoms with Crippen LogP contribution in [-0.4, -0.2) is 43.4 Å². The number of nitrogens with one attached hydrogen (secondary N) is 2. The van der Waals surface area contributed by atoms with Crippen molar-refractivity contribution in [3.63, 3.8) is 0 Å². The maximum Gasteiger partial charge on any atom is 0.227 e. The van der Waals surface area contributed by atoms with Crippen molar-refractivity contribution in [2.45, 2.75) is 19.4 Å². The lowest BCUT2D eigenvalue weighted by atomic mass is 9.95. The number of piperidine rings is 1. The summed E-state index contributed by atoms with van der Waals surface area (Å²) in [4.78, 5) is 27.9. The van der Waals surface area contributed by atoms with Gasteiger partial charge in [0.05, 0.1) is 23.3 Å². The Balaban J connectivity index is 1.26. The average molecular weight is 415 g/mol. The maximum atomic E-state index is 13.0. The van der Waals surface area contributed by atoms with Crippen molar-refractivity contribution in [1.29, 1.82) is 0 Å². The normalized spacial score (nSPS) is 15.4. The number of anilines is 1. The third kappa shape index (κ3) is 4.09. The summed E-state index contributed by atoms with van der Waals surface area (Å²) in [6.45, 7) is 2.62. The zero-order valence-corrected chi connectivity index (χ0v) is 17.6. The lowest BCUT2D eigenvalue weighted by Crippen LogP contribution is -2.38. The van der Waals surface area contributed by atoms with E-state index in [0.717, 1.165) is 66.4 Å². The van der Waals surface area contributed by atoms with Crippen molar-refractivity contribution < 1.29 is 4.79 Å². The van der Waals surface area contributed by atoms with E-state index in [-0.39, 0.29) is 11.8 Å². The fourth-order valence-electron chi connectivity index (χ4n) is 4.22. The summed E-state index contributed by atoms with van der Waals surface area (Å²) in [5, 5.41) is 3.16. The summed E-state index contributed by atoms with van der Waals surface area (Å²) < 4.78 is 2.05. The number of aromatic amines is 1. The van der Waals surface area contributed by atoms with E-state index in [9.17, 15) is 4.79 Å². The highest BCUT2D eigenvalue weighted by Crippen LogP contribution is 2.29. The number of H-pyrrole nitrogens is 1. The second-order valence-electron chi connectivity index (χ2n) is 8.14. The van der Waals surface area contributed by atoms with Crippen LogP contribution in [0.25, 0.3) is 22.4 Å². The summed E-state index contributed by atoms with van der Waals surface area (Å²) in [6, 6.07) is 15.8. The standard InChI is InChI=1S/C24H26N6O/c1-29-15-12-25-22(29)16-30-13-10-17(11-14-30)24(31)28-19-7-3-2-6-18(19)23-26-20-8-4-5-9-21(20)27-23/h2-9,12,15,17H,10-11,13-14,16H2,1H3,(H,26,27)(H,28,31). The molecule has 0 spiro atoms. The van der Waals surface area contributed by atoms with Crippen LogP contribution >= 0.6 is 0 Å². The SMILES string of the molecule is Cn1ccnc1CN1CCC(C(=O)Nc2ccccc2-c2nc3ccccc3[nH]2)CC1. The van der Waals surface area contributed by atoms with Crippen molar-refractivity contribution >= 4 is 22.6 Å². The lowest BCUT2D eigenvalue weighted by molar-refractivity contribution is -0.121. The predicted molar refractivity (Wildman–Crippen MR) is 121 cm³/mol. The summed E-state index contributed by atoms with van der Waals surface area (Å²) in [5.74, 6) is 1.92. The van der Waals surface area contributed by atoms with Gasteiger partial charge in [-0.05, 0) is 50.2 Å². The van der Waals surface area contributed by atoms with Gasteiger partial charge in [0.2, 0.25) is 5.91 Å². The summed E-state index contributed by atoms with van der Waals surface area (Å²) in [5.41, 5.74) is 3.60. The molecule has 0 unspecified atom stereocenters. The van der Waals surface area contributed by atoms with Gasteiger partial charge in [0.1, 0.15) is 11.6 Å². The highest BCUT2D eigenvalue weighted by Gasteiger charge is 2.26. The second kappa shape index (κ2) is 8.35. The number of nitrogens with zero attached hydrogens (tertiary/aromatic N) is 4. The Morgan fingerprint density at radius 1 is 1.13 bits per heavy atom. The molecule has 1 aliphatic rings. The van der Waals surface area contributed by atoms with Gasteiger partial charge in [-0.15, -0.1) is 0 Å². The van der Waals surface area contributed by atoms with Gasteiger partial charge in [-0.3, -0.25) is 9.69 Å². The molecule has 5 rings (SSSR count). The molecule has 2 aromatic heterocycles. The number of carbonyl (C=O) groups excluding carboxylic acids is 1. The Labute approximate surface area is 181 Å². The summed E-state index contributed by atoms with van der Waals surface area (Å²) >= 11 is 0. The molecule has 0 radical (unpaired) electrons. The van der Waals surface area contributed by atoms with Gasteiger partial charge in [-0.1, -0.05) is 24.3 Å². The highest BCUT2D eigenvalue weighted by molar-refractivity contribution is 5.96. The van der Waals surface area contributed by atoms with Gasteiger partial charge in [-0.2, -0.15) is 0 Å². The average Bonchev–Trinajstić information content (AvgIpc) is 3.40. The van der Waals surface area contributed by atoms with E-state index >= 15 is 0 Å². The van der Waals surface area contributed by atoms with Gasteiger partial charge in [0, 0.05) is 30.9 Å². The quantitative estimate of drug-likeness (QED) is 0.520. The highest BCUT2D eigenvalue weighted by atomic mass is 16.1. The van der Waals surface area contributed by atoms with Crippen molar-refractivity contribution in [1.82, 2.24) is 24.4 Å². The van der Waals surface area contributed by atoms with Crippen LogP contribution in [0.5, 0.6) is 0 Å². The van der Waals surface area contributed by atoms with Crippen LogP contribution in [0.3, 0.4) is 0 Å². The van der Waals surface area contributed by atoms with E-state index in [0.29, 0.717) is 0 Å². The van der Waals surface area contributed by atoms with Gasteiger partial charge in [0.25, 0.3) is 0 Å². The summed E-state index contributed by atoms with van der Waals surface area (Å²) in [7, 11) is 2.02. The molecule has 7 heteroatoms. The lowest BCUT2D eigenvalue weighted by Gasteiger charge is -2.31. The van der Waals surface area contributed by atoms with E-state index in [4.69, 9.17) is 4.98 Å². The number of imidazole rings is 2. The molecule has 3 heterocycles. The molecule has 7 nitrogen and oxygen atoms in total. The van der Waals surface area contributed by atoms with Crippen LogP contribution in [0.4, 0.5) is 5.69 Å². The van der Waals surface area contributed by atoms with E-state index in [1.165, 1.54) is 0 Å². The number of para-hydroxylation sites is 3. The van der Waals surface area contributed by atoms with Crippen molar-refractivity contribution in [3.05, 3.63) is 66.7 Å². The molecule has 0 aliphatic carbocycles. The molecule has 158 valence electrons. The molecule has 2 aromatic carbocycles. The number of carbonyl (C=O) groups is 1. The second-order valence-corrected chi connectivity index (χ2v) is 8.14. The van der Waals surface area contributed by atoms with Gasteiger partial charge >= 0.3 is 0 Å². The van der Waals surface area contributed by atoms with E-state index < -0.39 is 0 Å². The third-order valence-corrected chi connectivity index (χ3v) is 6.07. The molecular formula is C24H26N6O. The van der Waals surface area contributed by atoms with E-state index in [2.05, 4.69) is 20.2 Å². The Hall–Kier alpha value is -3.45. The largest absolute Gasteiger partial charge is 0.338 e. The Bertz CT molecular complexity index is 1170. The first kappa shape index (κ1) is 19.5. The monoisotopic (exact) mass is 414 g/mol. The topological polar surface area (TPSA) is 78.8 Å². The number of amides is 1. The zero-order valence-electron chi connectivity index (χ0n) is 17.6. The number of rotatable bonds is 5. The number of hydrogen-bond donors (Lipinski definition) is 2. The molecule has 1 amide bonds. The number of hydrogen-bond acceptors (Lipinski definition) is 4. The fourth-order valence-corrected chi connectivity index (χ4v) is 4.22.